The number of hydrogen-bond acceptors (Lipinski definition) is 3. The molecule has 1 aliphatic heterocycles. The van der Waals surface area contributed by atoms with Crippen LogP contribution in [0.1, 0.15) is 32.6 Å². The minimum absolute atomic E-state index is 0.235. The molecule has 3 heteroatoms. The maximum Gasteiger partial charge on any atom is 0.339 e. The zero-order valence-electron chi connectivity index (χ0n) is 8.04. The predicted molar refractivity (Wildman–Crippen MR) is 49.1 cm³/mol. The number of hydrogen-bond donors (Lipinski definition) is 0. The third-order valence-electron chi connectivity index (χ3n) is 1.90. The molecule has 0 atom stereocenters. The number of ether oxygens (including phenoxy) is 2. The largest absolute Gasteiger partial charge is 0.427 e. The van der Waals surface area contributed by atoms with E-state index in [2.05, 4.69) is 6.92 Å². The standard InChI is InChI=1S/C10H16O3/c1-2-3-4-6-12-7-5-9-8-10(11)13-9/h8H,2-7H2,1H3. The van der Waals surface area contributed by atoms with Gasteiger partial charge in [0.1, 0.15) is 5.76 Å². The summed E-state index contributed by atoms with van der Waals surface area (Å²) in [5, 5.41) is 0. The molecule has 13 heavy (non-hydrogen) atoms. The van der Waals surface area contributed by atoms with Gasteiger partial charge in [0.2, 0.25) is 0 Å². The monoisotopic (exact) mass is 184 g/mol. The average Bonchev–Trinajstić information content (AvgIpc) is 2.07. The van der Waals surface area contributed by atoms with Gasteiger partial charge in [-0.2, -0.15) is 0 Å². The van der Waals surface area contributed by atoms with Crippen LogP contribution in [0.25, 0.3) is 0 Å². The third-order valence-corrected chi connectivity index (χ3v) is 1.90. The minimum Gasteiger partial charge on any atom is -0.427 e. The Labute approximate surface area is 78.7 Å². The van der Waals surface area contributed by atoms with Crippen LogP contribution in [0.4, 0.5) is 0 Å². The Kier molecular flexibility index (Phi) is 4.54. The van der Waals surface area contributed by atoms with E-state index in [1.165, 1.54) is 18.9 Å². The van der Waals surface area contributed by atoms with Crippen LogP contribution in [0.2, 0.25) is 0 Å². The van der Waals surface area contributed by atoms with E-state index in [4.69, 9.17) is 9.47 Å². The SMILES string of the molecule is CCCCCOCCC1=CC(=O)O1. The Morgan fingerprint density at radius 3 is 2.77 bits per heavy atom. The zero-order chi connectivity index (χ0) is 9.52. The second-order valence-corrected chi connectivity index (χ2v) is 3.10. The van der Waals surface area contributed by atoms with Crippen molar-refractivity contribution in [3.63, 3.8) is 0 Å². The van der Waals surface area contributed by atoms with E-state index < -0.39 is 0 Å². The maximum absolute atomic E-state index is 10.3. The van der Waals surface area contributed by atoms with Crippen LogP contribution in [0.15, 0.2) is 11.8 Å². The van der Waals surface area contributed by atoms with Gasteiger partial charge in [0.05, 0.1) is 12.7 Å². The van der Waals surface area contributed by atoms with Gasteiger partial charge in [0.25, 0.3) is 0 Å². The molecule has 0 saturated carbocycles. The summed E-state index contributed by atoms with van der Waals surface area (Å²) in [4.78, 5) is 10.3. The second-order valence-electron chi connectivity index (χ2n) is 3.10. The van der Waals surface area contributed by atoms with Crippen molar-refractivity contribution in [2.75, 3.05) is 13.2 Å². The van der Waals surface area contributed by atoms with E-state index in [9.17, 15) is 4.79 Å². The Bertz CT molecular complexity index is 196. The average molecular weight is 184 g/mol. The molecule has 0 amide bonds. The minimum atomic E-state index is -0.235. The summed E-state index contributed by atoms with van der Waals surface area (Å²) in [6.07, 6.45) is 5.78. The van der Waals surface area contributed by atoms with Crippen molar-refractivity contribution in [1.29, 1.82) is 0 Å². The maximum atomic E-state index is 10.3. The highest BCUT2D eigenvalue weighted by molar-refractivity contribution is 5.88. The van der Waals surface area contributed by atoms with Gasteiger partial charge in [-0.3, -0.25) is 0 Å². The van der Waals surface area contributed by atoms with Crippen LogP contribution < -0.4 is 0 Å². The number of unbranched alkanes of at least 4 members (excludes halogenated alkanes) is 2. The number of esters is 1. The van der Waals surface area contributed by atoms with Crippen molar-refractivity contribution in [1.82, 2.24) is 0 Å². The first-order valence-corrected chi connectivity index (χ1v) is 4.83. The van der Waals surface area contributed by atoms with Gasteiger partial charge in [-0.05, 0) is 6.42 Å². The van der Waals surface area contributed by atoms with Crippen LogP contribution >= 0.6 is 0 Å². The molecular formula is C10H16O3. The van der Waals surface area contributed by atoms with E-state index in [0.29, 0.717) is 6.61 Å². The Morgan fingerprint density at radius 2 is 2.15 bits per heavy atom. The summed E-state index contributed by atoms with van der Waals surface area (Å²) in [6.45, 7) is 3.64. The molecule has 0 saturated heterocycles. The molecule has 0 bridgehead atoms. The van der Waals surface area contributed by atoms with Gasteiger partial charge in [-0.15, -0.1) is 0 Å². The van der Waals surface area contributed by atoms with Gasteiger partial charge in [0.15, 0.2) is 0 Å². The second kappa shape index (κ2) is 5.75. The fourth-order valence-electron chi connectivity index (χ4n) is 1.11. The molecule has 0 aliphatic carbocycles. The van der Waals surface area contributed by atoms with E-state index in [1.807, 2.05) is 0 Å². The van der Waals surface area contributed by atoms with Crippen molar-refractivity contribution in [3.05, 3.63) is 11.8 Å². The third kappa shape index (κ3) is 4.08. The highest BCUT2D eigenvalue weighted by Gasteiger charge is 2.15. The highest BCUT2D eigenvalue weighted by atomic mass is 16.6. The van der Waals surface area contributed by atoms with Crippen molar-refractivity contribution in [2.24, 2.45) is 0 Å². The fourth-order valence-corrected chi connectivity index (χ4v) is 1.11. The number of carbonyl (C=O) groups is 1. The summed E-state index contributed by atoms with van der Waals surface area (Å²) in [6, 6.07) is 0. The zero-order valence-corrected chi connectivity index (χ0v) is 8.04. The normalized spacial score (nSPS) is 14.8. The smallest absolute Gasteiger partial charge is 0.339 e. The molecule has 3 nitrogen and oxygen atoms in total. The fraction of sp³-hybridized carbons (Fsp3) is 0.700. The lowest BCUT2D eigenvalue weighted by atomic mass is 10.2. The van der Waals surface area contributed by atoms with Crippen molar-refractivity contribution in [3.8, 4) is 0 Å². The summed E-state index contributed by atoms with van der Waals surface area (Å²) in [5.74, 6) is 0.515. The summed E-state index contributed by atoms with van der Waals surface area (Å²) >= 11 is 0. The molecule has 0 spiro atoms. The molecule has 0 radical (unpaired) electrons. The molecule has 74 valence electrons. The van der Waals surface area contributed by atoms with E-state index in [1.54, 1.807) is 0 Å². The number of rotatable bonds is 7. The van der Waals surface area contributed by atoms with E-state index in [-0.39, 0.29) is 5.97 Å². The number of carbonyl (C=O) groups excluding carboxylic acids is 1. The van der Waals surface area contributed by atoms with E-state index in [0.717, 1.165) is 25.2 Å². The molecule has 0 aromatic carbocycles. The van der Waals surface area contributed by atoms with Crippen molar-refractivity contribution < 1.29 is 14.3 Å². The van der Waals surface area contributed by atoms with Gasteiger partial charge in [-0.1, -0.05) is 19.8 Å². The van der Waals surface area contributed by atoms with Gasteiger partial charge in [-0.25, -0.2) is 4.79 Å². The lowest BCUT2D eigenvalue weighted by Crippen LogP contribution is -2.14. The first-order chi connectivity index (χ1) is 6.33. The Balaban J connectivity index is 1.85. The van der Waals surface area contributed by atoms with Gasteiger partial charge >= 0.3 is 5.97 Å². The molecule has 0 N–H and O–H groups in total. The number of cyclic esters (lactones) is 1. The highest BCUT2D eigenvalue weighted by Crippen LogP contribution is 2.13. The van der Waals surface area contributed by atoms with Crippen LogP contribution in [-0.4, -0.2) is 19.2 Å². The van der Waals surface area contributed by atoms with Crippen LogP contribution in [-0.2, 0) is 14.3 Å². The molecule has 1 heterocycles. The van der Waals surface area contributed by atoms with Crippen LogP contribution in [0.3, 0.4) is 0 Å². The summed E-state index contributed by atoms with van der Waals surface area (Å²) in [5.41, 5.74) is 0. The quantitative estimate of drug-likeness (QED) is 0.448. The molecule has 1 rings (SSSR count). The summed E-state index contributed by atoms with van der Waals surface area (Å²) in [7, 11) is 0. The molecule has 0 fully saturated rings. The lowest BCUT2D eigenvalue weighted by Gasteiger charge is -2.13. The molecule has 0 unspecified atom stereocenters. The van der Waals surface area contributed by atoms with Crippen molar-refractivity contribution in [2.45, 2.75) is 32.6 Å². The Hall–Kier alpha value is -0.830. The molecule has 1 aliphatic rings. The molecule has 0 aromatic rings. The summed E-state index contributed by atoms with van der Waals surface area (Å²) < 4.78 is 10.1. The van der Waals surface area contributed by atoms with Crippen LogP contribution in [0, 0.1) is 0 Å². The molecule has 0 aromatic heterocycles. The van der Waals surface area contributed by atoms with Crippen molar-refractivity contribution >= 4 is 5.97 Å². The van der Waals surface area contributed by atoms with Gasteiger partial charge in [0, 0.05) is 13.0 Å². The predicted octanol–water partition coefficient (Wildman–Crippen LogP) is 2.02. The lowest BCUT2D eigenvalue weighted by molar-refractivity contribution is -0.139. The molecular weight excluding hydrogens is 168 g/mol. The Morgan fingerprint density at radius 1 is 1.38 bits per heavy atom. The topological polar surface area (TPSA) is 35.5 Å². The first-order valence-electron chi connectivity index (χ1n) is 4.83. The van der Waals surface area contributed by atoms with E-state index >= 15 is 0 Å². The van der Waals surface area contributed by atoms with Gasteiger partial charge < -0.3 is 9.47 Å². The van der Waals surface area contributed by atoms with Crippen LogP contribution in [0.5, 0.6) is 0 Å². The first kappa shape index (κ1) is 10.3.